The lowest BCUT2D eigenvalue weighted by Gasteiger charge is -2.16. The summed E-state index contributed by atoms with van der Waals surface area (Å²) >= 11 is 18.3. The summed E-state index contributed by atoms with van der Waals surface area (Å²) in [5.41, 5.74) is 8.88. The number of carbonyl (C=O) groups excluding carboxylic acids is 2. The molecule has 0 radical (unpaired) electrons. The van der Waals surface area contributed by atoms with E-state index in [4.69, 9.17) is 47.9 Å². The molecule has 12 nitrogen and oxygen atoms in total. The molecule has 6 aromatic rings. The number of nitrogens with one attached hydrogen (secondary N) is 1. The largest absolute Gasteiger partial charge is 0.573 e. The first kappa shape index (κ1) is 50.7. The van der Waals surface area contributed by atoms with Crippen LogP contribution >= 0.6 is 55.1 Å². The molecular formula is C42H32Br2Cl2F6N4O8. The van der Waals surface area contributed by atoms with Gasteiger partial charge in [-0.05, 0) is 130 Å². The molecule has 0 bridgehead atoms. The number of anilines is 2. The van der Waals surface area contributed by atoms with Crippen molar-refractivity contribution in [1.82, 2.24) is 9.97 Å². The van der Waals surface area contributed by atoms with Crippen LogP contribution in [-0.4, -0.2) is 49.1 Å². The van der Waals surface area contributed by atoms with Crippen molar-refractivity contribution in [3.05, 3.63) is 139 Å². The number of benzene rings is 4. The first-order valence-corrected chi connectivity index (χ1v) is 20.0. The molecule has 4 aromatic carbocycles. The van der Waals surface area contributed by atoms with Crippen molar-refractivity contribution in [3.8, 4) is 46.0 Å². The maximum absolute atomic E-state index is 12.9. The average Bonchev–Trinajstić information content (AvgIpc) is 3.22. The molecule has 0 saturated heterocycles. The Balaban J connectivity index is 0.000000243. The second kappa shape index (κ2) is 22.6. The minimum Gasteiger partial charge on any atom is -0.493 e. The number of ether oxygens (including phenoxy) is 6. The van der Waals surface area contributed by atoms with E-state index in [0.29, 0.717) is 21.6 Å². The number of rotatable bonds is 11. The summed E-state index contributed by atoms with van der Waals surface area (Å²) in [5, 5.41) is 3.40. The summed E-state index contributed by atoms with van der Waals surface area (Å²) in [6, 6.07) is 18.9. The molecule has 1 amide bonds. The molecular weight excluding hydrogens is 1030 g/mol. The molecule has 0 aliphatic heterocycles. The molecule has 2 aromatic heterocycles. The van der Waals surface area contributed by atoms with Gasteiger partial charge in [-0.15, -0.1) is 26.3 Å². The number of carbonyl (C=O) groups is 2. The zero-order valence-corrected chi connectivity index (χ0v) is 38.0. The summed E-state index contributed by atoms with van der Waals surface area (Å²) in [5.74, 6) is -0.968. The molecule has 0 atom stereocenters. The highest BCUT2D eigenvalue weighted by Gasteiger charge is 2.32. The number of nitrogen functional groups attached to an aromatic ring is 1. The van der Waals surface area contributed by atoms with Gasteiger partial charge in [-0.3, -0.25) is 9.59 Å². The second-order valence-electron chi connectivity index (χ2n) is 12.5. The summed E-state index contributed by atoms with van der Waals surface area (Å²) in [7, 11) is 2.53. The minimum atomic E-state index is -4.85. The first-order chi connectivity index (χ1) is 30.1. The number of alkyl halides is 6. The van der Waals surface area contributed by atoms with E-state index in [1.165, 1.54) is 62.8 Å². The van der Waals surface area contributed by atoms with Gasteiger partial charge in [-0.2, -0.15) is 0 Å². The Morgan fingerprint density at radius 2 is 1.12 bits per heavy atom. The third-order valence-corrected chi connectivity index (χ3v) is 9.23. The minimum absolute atomic E-state index is 0.0125. The number of nitrogens with two attached hydrogens (primary N) is 1. The molecule has 22 heteroatoms. The van der Waals surface area contributed by atoms with Crippen LogP contribution in [0.2, 0.25) is 10.0 Å². The predicted molar refractivity (Wildman–Crippen MR) is 234 cm³/mol. The van der Waals surface area contributed by atoms with Crippen LogP contribution in [0.25, 0.3) is 0 Å². The van der Waals surface area contributed by atoms with E-state index in [2.05, 4.69) is 56.6 Å². The van der Waals surface area contributed by atoms with Crippen molar-refractivity contribution in [1.29, 1.82) is 0 Å². The fourth-order valence-corrected chi connectivity index (χ4v) is 5.94. The lowest BCUT2D eigenvalue weighted by Crippen LogP contribution is -2.17. The van der Waals surface area contributed by atoms with Crippen LogP contribution in [-0.2, 0) is 0 Å². The third-order valence-electron chi connectivity index (χ3n) is 7.89. The van der Waals surface area contributed by atoms with Crippen LogP contribution in [0.4, 0.5) is 37.7 Å². The van der Waals surface area contributed by atoms with Gasteiger partial charge in [0.1, 0.15) is 32.2 Å². The van der Waals surface area contributed by atoms with Crippen molar-refractivity contribution in [2.45, 2.75) is 26.6 Å². The molecule has 3 N–H and O–H groups in total. The van der Waals surface area contributed by atoms with Gasteiger partial charge < -0.3 is 39.5 Å². The molecule has 0 aliphatic carbocycles. The number of amides is 1. The number of halogens is 10. The maximum Gasteiger partial charge on any atom is 0.573 e. The number of hydrogen-bond donors (Lipinski definition) is 2. The fraction of sp³-hybridized carbons (Fsp3) is 0.143. The monoisotopic (exact) mass is 1060 g/mol. The smallest absolute Gasteiger partial charge is 0.493 e. The quantitative estimate of drug-likeness (QED) is 0.0724. The Morgan fingerprint density at radius 3 is 1.61 bits per heavy atom. The van der Waals surface area contributed by atoms with Gasteiger partial charge in [0.05, 0.1) is 25.3 Å². The molecule has 64 heavy (non-hydrogen) atoms. The average molecular weight is 1070 g/mol. The van der Waals surface area contributed by atoms with Gasteiger partial charge in [0.25, 0.3) is 5.91 Å². The van der Waals surface area contributed by atoms with Gasteiger partial charge >= 0.3 is 12.7 Å². The van der Waals surface area contributed by atoms with Gasteiger partial charge in [-0.1, -0.05) is 23.2 Å². The number of methoxy groups -OCH3 is 2. The molecule has 6 rings (SSSR count). The van der Waals surface area contributed by atoms with Crippen LogP contribution < -0.4 is 39.5 Å². The van der Waals surface area contributed by atoms with Crippen LogP contribution in [0.5, 0.6) is 46.0 Å². The van der Waals surface area contributed by atoms with E-state index < -0.39 is 30.1 Å². The highest BCUT2D eigenvalue weighted by molar-refractivity contribution is 9.10. The Labute approximate surface area is 387 Å². The number of pyridine rings is 2. The molecule has 0 saturated carbocycles. The third kappa shape index (κ3) is 15.7. The number of hydrogen-bond acceptors (Lipinski definition) is 11. The van der Waals surface area contributed by atoms with Gasteiger partial charge in [0.15, 0.2) is 29.3 Å². The van der Waals surface area contributed by atoms with Crippen LogP contribution in [0, 0.1) is 13.8 Å². The number of nitrogens with zero attached hydrogens (tertiary/aromatic N) is 2. The van der Waals surface area contributed by atoms with Crippen LogP contribution in [0.15, 0.2) is 107 Å². The molecule has 0 unspecified atom stereocenters. The van der Waals surface area contributed by atoms with Crippen molar-refractivity contribution < 1.29 is 64.4 Å². The van der Waals surface area contributed by atoms with Crippen molar-refractivity contribution >= 4 is 78.6 Å². The normalized spacial score (nSPS) is 10.8. The van der Waals surface area contributed by atoms with Gasteiger partial charge in [0, 0.05) is 45.9 Å². The van der Waals surface area contributed by atoms with E-state index in [9.17, 15) is 35.9 Å². The highest BCUT2D eigenvalue weighted by atomic mass is 79.9. The fourth-order valence-electron chi connectivity index (χ4n) is 4.90. The van der Waals surface area contributed by atoms with Gasteiger partial charge in [0.2, 0.25) is 0 Å². The Hall–Kier alpha value is -5.96. The zero-order valence-electron chi connectivity index (χ0n) is 33.3. The van der Waals surface area contributed by atoms with E-state index in [-0.39, 0.29) is 50.6 Å². The zero-order chi connectivity index (χ0) is 47.4. The molecule has 0 spiro atoms. The summed E-state index contributed by atoms with van der Waals surface area (Å²) in [6.07, 6.45) is -5.79. The number of aryl methyl sites for hydroxylation is 2. The highest BCUT2D eigenvalue weighted by Crippen LogP contribution is 2.39. The molecule has 338 valence electrons. The van der Waals surface area contributed by atoms with Crippen molar-refractivity contribution in [2.75, 3.05) is 25.3 Å². The molecule has 0 aliphatic rings. The summed E-state index contributed by atoms with van der Waals surface area (Å²) in [4.78, 5) is 32.0. The van der Waals surface area contributed by atoms with Crippen LogP contribution in [0.3, 0.4) is 0 Å². The molecule has 2 heterocycles. The van der Waals surface area contributed by atoms with Crippen molar-refractivity contribution in [3.63, 3.8) is 0 Å². The van der Waals surface area contributed by atoms with E-state index >= 15 is 0 Å². The van der Waals surface area contributed by atoms with E-state index in [1.807, 2.05) is 6.92 Å². The van der Waals surface area contributed by atoms with Crippen LogP contribution in [0.1, 0.15) is 31.8 Å². The Kier molecular flexibility index (Phi) is 17.9. The summed E-state index contributed by atoms with van der Waals surface area (Å²) in [6.45, 7) is 3.70. The SMILES string of the molecule is COc1cc(OC(F)(F)F)ccc1Oc1ccc(Cl)cc1C(=O)Nc1cc(Br)ncc1C.COc1cc(OC(F)(F)F)ccc1Oc1ccc(Cl)cc1C=O.Cc1cnc(Br)cc1N. The first-order valence-electron chi connectivity index (χ1n) is 17.7. The maximum atomic E-state index is 12.9. The lowest BCUT2D eigenvalue weighted by atomic mass is 10.1. The number of aldehydes is 1. The number of aromatic nitrogens is 2. The van der Waals surface area contributed by atoms with Crippen molar-refractivity contribution in [2.24, 2.45) is 0 Å². The van der Waals surface area contributed by atoms with E-state index in [1.54, 1.807) is 31.5 Å². The standard InChI is InChI=1S/C21H15BrClF3N2O4.C15H10ClF3O4.C6H7BrN2/c1-11-10-27-19(22)9-15(11)28-20(29)14-7-12(23)3-5-16(14)31-17-6-4-13(8-18(17)30-2)32-21(24,25)26;1-21-14-7-11(23-15(17,18)19)3-5-13(14)22-12-4-2-10(16)6-9(12)8-20;1-4-3-9-6(7)2-5(4)8/h3-10H,1-2H3,(H,27,28,29);2-8H,1H3;2-3H,1H3,(H2,8,9). The second-order valence-corrected chi connectivity index (χ2v) is 15.0. The van der Waals surface area contributed by atoms with E-state index in [0.717, 1.165) is 45.7 Å². The summed E-state index contributed by atoms with van der Waals surface area (Å²) < 4.78 is 104. The Morgan fingerprint density at radius 1 is 0.656 bits per heavy atom. The Bertz CT molecular complexity index is 2610. The topological polar surface area (TPSA) is 153 Å². The van der Waals surface area contributed by atoms with Gasteiger partial charge in [-0.25, -0.2) is 9.97 Å². The predicted octanol–water partition coefficient (Wildman–Crippen LogP) is 13.3. The lowest BCUT2D eigenvalue weighted by molar-refractivity contribution is -0.275. The molecule has 0 fully saturated rings.